The van der Waals surface area contributed by atoms with E-state index >= 15 is 0 Å². The van der Waals surface area contributed by atoms with Gasteiger partial charge in [0.25, 0.3) is 0 Å². The molecule has 1 unspecified atom stereocenters. The van der Waals surface area contributed by atoms with Gasteiger partial charge in [-0.1, -0.05) is 48.9 Å². The van der Waals surface area contributed by atoms with E-state index in [1.165, 1.54) is 0 Å². The number of sulfonamides is 1. The minimum atomic E-state index is -3.96. The number of nitrogens with zero attached hydrogens (tertiary/aromatic N) is 2. The molecule has 192 valence electrons. The third-order valence-electron chi connectivity index (χ3n) is 6.72. The van der Waals surface area contributed by atoms with Crippen LogP contribution < -0.4 is 10.0 Å². The highest BCUT2D eigenvalue weighted by Gasteiger charge is 2.31. The van der Waals surface area contributed by atoms with E-state index in [4.69, 9.17) is 11.6 Å². The lowest BCUT2D eigenvalue weighted by Gasteiger charge is -2.33. The third-order valence-corrected chi connectivity index (χ3v) is 8.56. The first-order chi connectivity index (χ1) is 17.2. The molecular formula is C27H33ClN4O3S. The van der Waals surface area contributed by atoms with Crippen molar-refractivity contribution in [2.45, 2.75) is 56.6 Å². The molecule has 2 aliphatic heterocycles. The van der Waals surface area contributed by atoms with Crippen LogP contribution in [0.3, 0.4) is 0 Å². The minimum absolute atomic E-state index is 0.0949. The maximum absolute atomic E-state index is 13.5. The molecule has 1 fully saturated rings. The number of allylic oxidation sites excluding steroid dienone is 1. The summed E-state index contributed by atoms with van der Waals surface area (Å²) in [5, 5.41) is 3.84. The van der Waals surface area contributed by atoms with E-state index in [2.05, 4.69) is 22.0 Å². The van der Waals surface area contributed by atoms with Gasteiger partial charge in [0.2, 0.25) is 15.9 Å². The summed E-state index contributed by atoms with van der Waals surface area (Å²) in [4.78, 5) is 19.6. The largest absolute Gasteiger partial charge is 0.363 e. The Labute approximate surface area is 218 Å². The van der Waals surface area contributed by atoms with E-state index < -0.39 is 16.1 Å². The lowest BCUT2D eigenvalue weighted by molar-refractivity contribution is -0.134. The van der Waals surface area contributed by atoms with Gasteiger partial charge >= 0.3 is 0 Å². The molecule has 9 heteroatoms. The second-order valence-electron chi connectivity index (χ2n) is 9.54. The van der Waals surface area contributed by atoms with Gasteiger partial charge in [-0.3, -0.25) is 9.79 Å². The summed E-state index contributed by atoms with van der Waals surface area (Å²) in [5.74, 6) is 0.376. The molecule has 4 rings (SSSR count). The molecule has 0 aliphatic carbocycles. The molecule has 1 saturated heterocycles. The fourth-order valence-corrected chi connectivity index (χ4v) is 6.01. The van der Waals surface area contributed by atoms with Crippen LogP contribution in [0.4, 0.5) is 0 Å². The molecule has 2 N–H and O–H groups in total. The Kier molecular flexibility index (Phi) is 8.49. The summed E-state index contributed by atoms with van der Waals surface area (Å²) in [6.07, 6.45) is 6.06. The molecule has 2 aromatic rings. The maximum Gasteiger partial charge on any atom is 0.241 e. The Balaban J connectivity index is 1.56. The van der Waals surface area contributed by atoms with Crippen LogP contribution in [0.25, 0.3) is 5.70 Å². The number of halogens is 1. The number of carbonyl (C=O) groups is 1. The first-order valence-corrected chi connectivity index (χ1v) is 14.2. The van der Waals surface area contributed by atoms with Crippen LogP contribution in [0, 0.1) is 5.92 Å². The fourth-order valence-electron chi connectivity index (χ4n) is 4.51. The van der Waals surface area contributed by atoms with Gasteiger partial charge in [-0.25, -0.2) is 8.42 Å². The predicted molar refractivity (Wildman–Crippen MR) is 144 cm³/mol. The molecule has 0 radical (unpaired) electrons. The Morgan fingerprint density at radius 1 is 1.17 bits per heavy atom. The van der Waals surface area contributed by atoms with E-state index in [1.807, 2.05) is 37.3 Å². The molecule has 36 heavy (non-hydrogen) atoms. The zero-order valence-electron chi connectivity index (χ0n) is 20.7. The first-order valence-electron chi connectivity index (χ1n) is 12.4. The van der Waals surface area contributed by atoms with E-state index in [-0.39, 0.29) is 17.0 Å². The van der Waals surface area contributed by atoms with Crippen LogP contribution in [-0.4, -0.2) is 50.7 Å². The molecule has 0 saturated carbocycles. The lowest BCUT2D eigenvalue weighted by Crippen LogP contribution is -2.50. The van der Waals surface area contributed by atoms with E-state index in [0.717, 1.165) is 29.7 Å². The van der Waals surface area contributed by atoms with Crippen LogP contribution >= 0.6 is 11.6 Å². The van der Waals surface area contributed by atoms with E-state index in [1.54, 1.807) is 35.4 Å². The van der Waals surface area contributed by atoms with Gasteiger partial charge < -0.3 is 10.2 Å². The predicted octanol–water partition coefficient (Wildman–Crippen LogP) is 4.24. The highest BCUT2D eigenvalue weighted by Crippen LogP contribution is 2.23. The Morgan fingerprint density at radius 2 is 1.92 bits per heavy atom. The quantitative estimate of drug-likeness (QED) is 0.536. The first kappa shape index (κ1) is 26.4. The molecule has 2 aliphatic rings. The summed E-state index contributed by atoms with van der Waals surface area (Å²) < 4.78 is 29.7. The van der Waals surface area contributed by atoms with Crippen molar-refractivity contribution in [3.63, 3.8) is 0 Å². The molecule has 2 atom stereocenters. The van der Waals surface area contributed by atoms with Crippen molar-refractivity contribution < 1.29 is 13.2 Å². The van der Waals surface area contributed by atoms with Gasteiger partial charge in [0.05, 0.1) is 4.90 Å². The molecule has 7 nitrogen and oxygen atoms in total. The van der Waals surface area contributed by atoms with Crippen molar-refractivity contribution in [1.82, 2.24) is 14.9 Å². The number of likely N-dealkylation sites (tertiary alicyclic amines) is 1. The summed E-state index contributed by atoms with van der Waals surface area (Å²) >= 11 is 6.33. The summed E-state index contributed by atoms with van der Waals surface area (Å²) in [5.41, 5.74) is 2.42. The van der Waals surface area contributed by atoms with Gasteiger partial charge in [0.1, 0.15) is 12.2 Å². The standard InChI is InChI=1S/C27H33ClN4O3S/c1-19-13-16-32(17-14-19)27(33)26(11-10-21-6-3-4-9-24(21)28)31-36(34,35)23-8-5-7-22(18-23)25-12-15-29-20(2)30-25/h3-9,12,15,18-20,26,30-31H,10-11,13-14,16-17H2,1-2H3/t20-,26?/m0/s1. The number of carbonyl (C=O) groups excluding carboxylic acids is 1. The van der Waals surface area contributed by atoms with Crippen molar-refractivity contribution in [3.8, 4) is 0 Å². The van der Waals surface area contributed by atoms with Crippen LogP contribution in [0.15, 0.2) is 64.5 Å². The average Bonchev–Trinajstić information content (AvgIpc) is 2.87. The van der Waals surface area contributed by atoms with Crippen molar-refractivity contribution in [3.05, 3.63) is 70.8 Å². The van der Waals surface area contributed by atoms with Gasteiger partial charge in [-0.15, -0.1) is 0 Å². The molecule has 0 spiro atoms. The number of aryl methyl sites for hydroxylation is 1. The number of hydrogen-bond acceptors (Lipinski definition) is 5. The van der Waals surface area contributed by atoms with E-state index in [9.17, 15) is 13.2 Å². The van der Waals surface area contributed by atoms with Crippen LogP contribution in [0.5, 0.6) is 0 Å². The van der Waals surface area contributed by atoms with E-state index in [0.29, 0.717) is 36.9 Å². The second kappa shape index (κ2) is 11.6. The molecular weight excluding hydrogens is 496 g/mol. The summed E-state index contributed by atoms with van der Waals surface area (Å²) in [6, 6.07) is 13.3. The highest BCUT2D eigenvalue weighted by molar-refractivity contribution is 7.89. The molecule has 0 bridgehead atoms. The lowest BCUT2D eigenvalue weighted by atomic mass is 9.98. The van der Waals surface area contributed by atoms with Crippen LogP contribution in [0.2, 0.25) is 5.02 Å². The fraction of sp³-hybridized carbons (Fsp3) is 0.407. The van der Waals surface area contributed by atoms with Gasteiger partial charge in [-0.2, -0.15) is 4.72 Å². The number of rotatable bonds is 8. The van der Waals surface area contributed by atoms with Crippen molar-refractivity contribution in [2.24, 2.45) is 10.9 Å². The zero-order valence-corrected chi connectivity index (χ0v) is 22.2. The van der Waals surface area contributed by atoms with Crippen LogP contribution in [-0.2, 0) is 21.2 Å². The zero-order chi connectivity index (χ0) is 25.7. The Hall–Kier alpha value is -2.68. The smallest absolute Gasteiger partial charge is 0.241 e. The monoisotopic (exact) mass is 528 g/mol. The topological polar surface area (TPSA) is 90.9 Å². The van der Waals surface area contributed by atoms with Crippen molar-refractivity contribution in [2.75, 3.05) is 13.1 Å². The van der Waals surface area contributed by atoms with Gasteiger partial charge in [-0.05, 0) is 73.9 Å². The normalized spacial score (nSPS) is 19.5. The highest BCUT2D eigenvalue weighted by atomic mass is 35.5. The SMILES string of the molecule is CC1CCN(C(=O)C(CCc2ccccc2Cl)NS(=O)(=O)c2cccc(C3=CC=N[C@H](C)N3)c2)CC1. The van der Waals surface area contributed by atoms with Gasteiger partial charge in [0, 0.05) is 30.0 Å². The average molecular weight is 529 g/mol. The second-order valence-corrected chi connectivity index (χ2v) is 11.7. The molecule has 0 aromatic heterocycles. The molecule has 2 aromatic carbocycles. The Morgan fingerprint density at radius 3 is 2.64 bits per heavy atom. The third kappa shape index (κ3) is 6.55. The van der Waals surface area contributed by atoms with Crippen molar-refractivity contribution in [1.29, 1.82) is 0 Å². The number of benzene rings is 2. The maximum atomic E-state index is 13.5. The molecule has 1 amide bonds. The summed E-state index contributed by atoms with van der Waals surface area (Å²) in [7, 11) is -3.96. The Bertz CT molecular complexity index is 1250. The molecule has 2 heterocycles. The number of amides is 1. The number of nitrogens with one attached hydrogen (secondary N) is 2. The number of aliphatic imine (C=N–C) groups is 1. The minimum Gasteiger partial charge on any atom is -0.363 e. The van der Waals surface area contributed by atoms with Gasteiger partial charge in [0.15, 0.2) is 0 Å². The number of piperidine rings is 1. The van der Waals surface area contributed by atoms with Crippen molar-refractivity contribution >= 4 is 39.4 Å². The number of hydrogen-bond donors (Lipinski definition) is 2. The van der Waals surface area contributed by atoms with Crippen LogP contribution in [0.1, 0.15) is 44.2 Å². The summed E-state index contributed by atoms with van der Waals surface area (Å²) in [6.45, 7) is 5.37.